The summed E-state index contributed by atoms with van der Waals surface area (Å²) in [6.45, 7) is 4.28. The molecule has 1 heterocycles. The molecule has 1 aromatic carbocycles. The molecule has 78 valence electrons. The number of benzene rings is 1. The van der Waals surface area contributed by atoms with Gasteiger partial charge < -0.3 is 5.11 Å². The number of carboxylic acid groups (broad SMARTS) is 1. The maximum Gasteiger partial charge on any atom is 0.335 e. The number of rotatable bonds is 2. The number of carboxylic acids is 1. The fourth-order valence-corrected chi connectivity index (χ4v) is 2.53. The molecule has 15 heavy (non-hydrogen) atoms. The topological polar surface area (TPSA) is 37.3 Å². The molecule has 0 atom stereocenters. The van der Waals surface area contributed by atoms with Gasteiger partial charge in [-0.05, 0) is 35.6 Å². The molecule has 1 aromatic heterocycles. The van der Waals surface area contributed by atoms with Gasteiger partial charge in [0.2, 0.25) is 0 Å². The first-order valence-corrected chi connectivity index (χ1v) is 5.66. The summed E-state index contributed by atoms with van der Waals surface area (Å²) in [6, 6.07) is 7.36. The lowest BCUT2D eigenvalue weighted by molar-refractivity contribution is 0.0697. The fraction of sp³-hybridized carbons (Fsp3) is 0.250. The molecule has 0 fully saturated rings. The summed E-state index contributed by atoms with van der Waals surface area (Å²) in [5.74, 6) is -0.370. The lowest BCUT2D eigenvalue weighted by Gasteiger charge is -1.96. The Kier molecular flexibility index (Phi) is 2.49. The van der Waals surface area contributed by atoms with Crippen LogP contribution >= 0.6 is 11.3 Å². The van der Waals surface area contributed by atoms with E-state index in [0.29, 0.717) is 11.5 Å². The highest BCUT2D eigenvalue weighted by Gasteiger charge is 2.08. The molecule has 0 radical (unpaired) electrons. The first kappa shape index (κ1) is 10.2. The van der Waals surface area contributed by atoms with Crippen LogP contribution in [0.25, 0.3) is 10.1 Å². The van der Waals surface area contributed by atoms with Gasteiger partial charge in [0.05, 0.1) is 5.56 Å². The van der Waals surface area contributed by atoms with Crippen LogP contribution in [0.1, 0.15) is 35.0 Å². The zero-order valence-electron chi connectivity index (χ0n) is 8.65. The van der Waals surface area contributed by atoms with E-state index >= 15 is 0 Å². The zero-order chi connectivity index (χ0) is 11.0. The molecular formula is C12H12O2S. The van der Waals surface area contributed by atoms with Gasteiger partial charge in [0, 0.05) is 9.58 Å². The molecule has 0 saturated carbocycles. The van der Waals surface area contributed by atoms with Crippen LogP contribution in [-0.4, -0.2) is 11.1 Å². The Hall–Kier alpha value is -1.35. The summed E-state index contributed by atoms with van der Waals surface area (Å²) in [6.07, 6.45) is 0. The molecular weight excluding hydrogens is 208 g/mol. The van der Waals surface area contributed by atoms with Crippen molar-refractivity contribution in [3.8, 4) is 0 Å². The average molecular weight is 220 g/mol. The number of aromatic carboxylic acids is 1. The normalized spacial score (nSPS) is 11.1. The maximum atomic E-state index is 10.8. The Morgan fingerprint density at radius 3 is 2.67 bits per heavy atom. The van der Waals surface area contributed by atoms with Crippen molar-refractivity contribution in [1.82, 2.24) is 0 Å². The minimum absolute atomic E-state index is 0.357. The third kappa shape index (κ3) is 1.88. The van der Waals surface area contributed by atoms with Gasteiger partial charge >= 0.3 is 5.97 Å². The van der Waals surface area contributed by atoms with E-state index in [1.165, 1.54) is 4.88 Å². The van der Waals surface area contributed by atoms with Crippen molar-refractivity contribution in [2.24, 2.45) is 0 Å². The van der Waals surface area contributed by atoms with Gasteiger partial charge in [0.1, 0.15) is 0 Å². The standard InChI is InChI=1S/C12H12O2S/c1-7(2)11-6-9-5-8(12(13)14)3-4-10(9)15-11/h3-7H,1-2H3,(H,13,14). The number of fused-ring (bicyclic) bond motifs is 1. The van der Waals surface area contributed by atoms with Crippen LogP contribution in [0, 0.1) is 0 Å². The molecule has 2 nitrogen and oxygen atoms in total. The molecule has 0 amide bonds. The third-order valence-corrected chi connectivity index (χ3v) is 3.77. The van der Waals surface area contributed by atoms with Gasteiger partial charge in [-0.25, -0.2) is 4.79 Å². The van der Waals surface area contributed by atoms with E-state index in [4.69, 9.17) is 5.11 Å². The Balaban J connectivity index is 2.57. The molecule has 0 bridgehead atoms. The predicted molar refractivity (Wildman–Crippen MR) is 62.9 cm³/mol. The molecule has 0 aliphatic rings. The van der Waals surface area contributed by atoms with E-state index < -0.39 is 5.97 Å². The van der Waals surface area contributed by atoms with Gasteiger partial charge in [0.25, 0.3) is 0 Å². The number of carbonyl (C=O) groups is 1. The summed E-state index contributed by atoms with van der Waals surface area (Å²) in [7, 11) is 0. The Labute approximate surface area is 92.2 Å². The Morgan fingerprint density at radius 1 is 1.33 bits per heavy atom. The van der Waals surface area contributed by atoms with Crippen LogP contribution < -0.4 is 0 Å². The second-order valence-corrected chi connectivity index (χ2v) is 4.98. The first-order valence-electron chi connectivity index (χ1n) is 4.84. The number of hydrogen-bond donors (Lipinski definition) is 1. The fourth-order valence-electron chi connectivity index (χ4n) is 1.48. The van der Waals surface area contributed by atoms with E-state index in [1.54, 1.807) is 23.5 Å². The van der Waals surface area contributed by atoms with Crippen LogP contribution in [0.3, 0.4) is 0 Å². The highest BCUT2D eigenvalue weighted by molar-refractivity contribution is 7.19. The van der Waals surface area contributed by atoms with Crippen LogP contribution in [0.4, 0.5) is 0 Å². The lowest BCUT2D eigenvalue weighted by Crippen LogP contribution is -1.94. The highest BCUT2D eigenvalue weighted by Crippen LogP contribution is 2.31. The monoisotopic (exact) mass is 220 g/mol. The van der Waals surface area contributed by atoms with Gasteiger partial charge in [-0.3, -0.25) is 0 Å². The lowest BCUT2D eigenvalue weighted by atomic mass is 10.1. The van der Waals surface area contributed by atoms with E-state index in [-0.39, 0.29) is 0 Å². The predicted octanol–water partition coefficient (Wildman–Crippen LogP) is 3.72. The zero-order valence-corrected chi connectivity index (χ0v) is 9.47. The third-order valence-electron chi connectivity index (χ3n) is 2.35. The minimum atomic E-state index is -0.866. The summed E-state index contributed by atoms with van der Waals surface area (Å²) in [5.41, 5.74) is 0.357. The molecule has 0 aliphatic heterocycles. The van der Waals surface area contributed by atoms with Crippen LogP contribution in [0.5, 0.6) is 0 Å². The van der Waals surface area contributed by atoms with Crippen molar-refractivity contribution in [2.75, 3.05) is 0 Å². The largest absolute Gasteiger partial charge is 0.478 e. The molecule has 2 rings (SSSR count). The average Bonchev–Trinajstić information content (AvgIpc) is 2.59. The molecule has 0 aliphatic carbocycles. The van der Waals surface area contributed by atoms with Crippen molar-refractivity contribution in [3.05, 3.63) is 34.7 Å². The van der Waals surface area contributed by atoms with Crippen LogP contribution in [-0.2, 0) is 0 Å². The number of hydrogen-bond acceptors (Lipinski definition) is 2. The van der Waals surface area contributed by atoms with E-state index in [9.17, 15) is 4.79 Å². The quantitative estimate of drug-likeness (QED) is 0.837. The molecule has 0 unspecified atom stereocenters. The van der Waals surface area contributed by atoms with E-state index in [0.717, 1.165) is 10.1 Å². The van der Waals surface area contributed by atoms with Crippen molar-refractivity contribution in [3.63, 3.8) is 0 Å². The molecule has 0 spiro atoms. The van der Waals surface area contributed by atoms with E-state index in [2.05, 4.69) is 19.9 Å². The molecule has 2 aromatic rings. The first-order chi connectivity index (χ1) is 7.08. The van der Waals surface area contributed by atoms with Crippen molar-refractivity contribution < 1.29 is 9.90 Å². The van der Waals surface area contributed by atoms with Gasteiger partial charge in [0.15, 0.2) is 0 Å². The molecule has 3 heteroatoms. The van der Waals surface area contributed by atoms with Crippen LogP contribution in [0.2, 0.25) is 0 Å². The highest BCUT2D eigenvalue weighted by atomic mass is 32.1. The smallest absolute Gasteiger partial charge is 0.335 e. The van der Waals surface area contributed by atoms with Gasteiger partial charge in [-0.1, -0.05) is 13.8 Å². The minimum Gasteiger partial charge on any atom is -0.478 e. The molecule has 1 N–H and O–H groups in total. The summed E-state index contributed by atoms with van der Waals surface area (Å²) in [4.78, 5) is 12.1. The van der Waals surface area contributed by atoms with Crippen molar-refractivity contribution in [2.45, 2.75) is 19.8 Å². The van der Waals surface area contributed by atoms with Gasteiger partial charge in [-0.2, -0.15) is 0 Å². The second kappa shape index (κ2) is 3.66. The summed E-state index contributed by atoms with van der Waals surface area (Å²) < 4.78 is 1.16. The summed E-state index contributed by atoms with van der Waals surface area (Å²) in [5, 5.41) is 9.89. The summed E-state index contributed by atoms with van der Waals surface area (Å²) >= 11 is 1.73. The Bertz CT molecular complexity index is 511. The van der Waals surface area contributed by atoms with Gasteiger partial charge in [-0.15, -0.1) is 11.3 Å². The SMILES string of the molecule is CC(C)c1cc2cc(C(=O)O)ccc2s1. The molecule has 0 saturated heterocycles. The van der Waals surface area contributed by atoms with E-state index in [1.807, 2.05) is 6.07 Å². The Morgan fingerprint density at radius 2 is 2.07 bits per heavy atom. The number of thiophene rings is 1. The maximum absolute atomic E-state index is 10.8. The van der Waals surface area contributed by atoms with Crippen molar-refractivity contribution in [1.29, 1.82) is 0 Å². The van der Waals surface area contributed by atoms with Crippen molar-refractivity contribution >= 4 is 27.4 Å². The second-order valence-electron chi connectivity index (χ2n) is 3.86. The van der Waals surface area contributed by atoms with Crippen LogP contribution in [0.15, 0.2) is 24.3 Å².